The number of aromatic carboxylic acids is 2. The first-order chi connectivity index (χ1) is 9.33. The number of aryl methyl sites for hydroxylation is 1. The molecule has 2 N–H and O–H groups in total. The summed E-state index contributed by atoms with van der Waals surface area (Å²) >= 11 is 0. The zero-order valence-electron chi connectivity index (χ0n) is 11.1. The Morgan fingerprint density at radius 2 is 1.90 bits per heavy atom. The van der Waals surface area contributed by atoms with Crippen LogP contribution in [0.1, 0.15) is 38.8 Å². The van der Waals surface area contributed by atoms with Crippen LogP contribution in [0.3, 0.4) is 0 Å². The average Bonchev–Trinajstić information content (AvgIpc) is 2.39. The van der Waals surface area contributed by atoms with Gasteiger partial charge in [-0.05, 0) is 25.0 Å². The van der Waals surface area contributed by atoms with Crippen molar-refractivity contribution in [2.75, 3.05) is 0 Å². The molecule has 0 saturated carbocycles. The molecule has 0 heterocycles. The van der Waals surface area contributed by atoms with E-state index < -0.39 is 17.9 Å². The van der Waals surface area contributed by atoms with Gasteiger partial charge in [0, 0.05) is 11.6 Å². The van der Waals surface area contributed by atoms with Gasteiger partial charge in [0.1, 0.15) is 5.75 Å². The van der Waals surface area contributed by atoms with Crippen LogP contribution in [0.15, 0.2) is 18.7 Å². The van der Waals surface area contributed by atoms with E-state index in [1.165, 1.54) is 6.07 Å². The van der Waals surface area contributed by atoms with Crippen LogP contribution >= 0.6 is 0 Å². The van der Waals surface area contributed by atoms with Crippen LogP contribution in [0, 0.1) is 6.92 Å². The van der Waals surface area contributed by atoms with Crippen LogP contribution in [0.4, 0.5) is 0 Å². The lowest BCUT2D eigenvalue weighted by molar-refractivity contribution is -0.129. The fraction of sp³-hybridized carbons (Fsp3) is 0.214. The minimum Gasteiger partial charge on any atom is -0.478 e. The zero-order chi connectivity index (χ0) is 15.4. The highest BCUT2D eigenvalue weighted by atomic mass is 16.5. The quantitative estimate of drug-likeness (QED) is 0.485. The summed E-state index contributed by atoms with van der Waals surface area (Å²) < 4.78 is 5.03. The maximum atomic E-state index is 11.3. The molecule has 0 aliphatic rings. The lowest BCUT2D eigenvalue weighted by Crippen LogP contribution is -2.15. The Bertz CT molecular complexity index is 600. The van der Waals surface area contributed by atoms with Crippen LogP contribution < -0.4 is 4.74 Å². The van der Waals surface area contributed by atoms with E-state index in [0.29, 0.717) is 5.56 Å². The normalized spacial score (nSPS) is 9.90. The van der Waals surface area contributed by atoms with E-state index in [0.717, 1.165) is 6.08 Å². The SMILES string of the molecule is C=CC(=O)Oc1c(C)cc(C(=O)O)c(C(=O)O)c1CC. The Hall–Kier alpha value is -2.63. The molecular weight excluding hydrogens is 264 g/mol. The van der Waals surface area contributed by atoms with Crippen LogP contribution in [0.25, 0.3) is 0 Å². The number of rotatable bonds is 5. The van der Waals surface area contributed by atoms with Gasteiger partial charge in [0.2, 0.25) is 0 Å². The maximum Gasteiger partial charge on any atom is 0.336 e. The molecule has 20 heavy (non-hydrogen) atoms. The summed E-state index contributed by atoms with van der Waals surface area (Å²) in [6.07, 6.45) is 1.16. The Morgan fingerprint density at radius 3 is 2.30 bits per heavy atom. The fourth-order valence-corrected chi connectivity index (χ4v) is 1.90. The summed E-state index contributed by atoms with van der Waals surface area (Å²) in [7, 11) is 0. The van der Waals surface area contributed by atoms with Crippen molar-refractivity contribution in [2.24, 2.45) is 0 Å². The Balaban J connectivity index is 3.65. The number of hydrogen-bond acceptors (Lipinski definition) is 4. The maximum absolute atomic E-state index is 11.3. The fourth-order valence-electron chi connectivity index (χ4n) is 1.90. The van der Waals surface area contributed by atoms with E-state index in [-0.39, 0.29) is 28.9 Å². The van der Waals surface area contributed by atoms with Gasteiger partial charge in [-0.2, -0.15) is 0 Å². The van der Waals surface area contributed by atoms with E-state index in [2.05, 4.69) is 6.58 Å². The van der Waals surface area contributed by atoms with Crippen LogP contribution in [-0.2, 0) is 11.2 Å². The molecule has 0 atom stereocenters. The molecule has 0 bridgehead atoms. The van der Waals surface area contributed by atoms with Gasteiger partial charge in [-0.25, -0.2) is 14.4 Å². The van der Waals surface area contributed by atoms with Gasteiger partial charge in [0.05, 0.1) is 11.1 Å². The lowest BCUT2D eigenvalue weighted by Gasteiger charge is -2.15. The number of carboxylic acid groups (broad SMARTS) is 2. The number of ether oxygens (including phenoxy) is 1. The monoisotopic (exact) mass is 278 g/mol. The largest absolute Gasteiger partial charge is 0.478 e. The highest BCUT2D eigenvalue weighted by molar-refractivity contribution is 6.04. The molecule has 1 aromatic carbocycles. The number of carboxylic acids is 2. The first kappa shape index (κ1) is 15.4. The van der Waals surface area contributed by atoms with Crippen LogP contribution in [0.2, 0.25) is 0 Å². The van der Waals surface area contributed by atoms with Crippen LogP contribution in [-0.4, -0.2) is 28.1 Å². The summed E-state index contributed by atoms with van der Waals surface area (Å²) in [6.45, 7) is 6.46. The van der Waals surface area contributed by atoms with Gasteiger partial charge >= 0.3 is 17.9 Å². The van der Waals surface area contributed by atoms with Crippen molar-refractivity contribution in [3.63, 3.8) is 0 Å². The molecular formula is C14H14O6. The zero-order valence-corrected chi connectivity index (χ0v) is 11.1. The highest BCUT2D eigenvalue weighted by Crippen LogP contribution is 2.31. The Morgan fingerprint density at radius 1 is 1.30 bits per heavy atom. The minimum absolute atomic E-state index is 0.0693. The number of benzene rings is 1. The molecule has 0 unspecified atom stereocenters. The van der Waals surface area contributed by atoms with Gasteiger partial charge in [-0.3, -0.25) is 0 Å². The summed E-state index contributed by atoms with van der Waals surface area (Å²) in [4.78, 5) is 33.7. The van der Waals surface area contributed by atoms with Crippen LogP contribution in [0.5, 0.6) is 5.75 Å². The summed E-state index contributed by atoms with van der Waals surface area (Å²) in [5.41, 5.74) is -0.146. The second kappa shape index (κ2) is 6.01. The molecule has 6 nitrogen and oxygen atoms in total. The Kier molecular flexibility index (Phi) is 4.63. The molecule has 0 radical (unpaired) electrons. The molecule has 0 aromatic heterocycles. The van der Waals surface area contributed by atoms with E-state index in [1.54, 1.807) is 13.8 Å². The van der Waals surface area contributed by atoms with Gasteiger partial charge in [-0.15, -0.1) is 0 Å². The number of carbonyl (C=O) groups excluding carboxylic acids is 1. The molecule has 106 valence electrons. The predicted octanol–water partition coefficient (Wildman–Crippen LogP) is 2.05. The topological polar surface area (TPSA) is 101 Å². The van der Waals surface area contributed by atoms with Crippen molar-refractivity contribution in [2.45, 2.75) is 20.3 Å². The molecule has 6 heteroatoms. The Labute approximate surface area is 115 Å². The van der Waals surface area contributed by atoms with Crippen molar-refractivity contribution >= 4 is 17.9 Å². The minimum atomic E-state index is -1.38. The number of hydrogen-bond donors (Lipinski definition) is 2. The second-order valence-electron chi connectivity index (χ2n) is 4.01. The first-order valence-corrected chi connectivity index (χ1v) is 5.80. The average molecular weight is 278 g/mol. The van der Waals surface area contributed by atoms with Gasteiger partial charge in [-0.1, -0.05) is 13.5 Å². The van der Waals surface area contributed by atoms with Crippen molar-refractivity contribution in [1.82, 2.24) is 0 Å². The van der Waals surface area contributed by atoms with E-state index in [4.69, 9.17) is 9.84 Å². The third-order valence-corrected chi connectivity index (χ3v) is 2.73. The standard InChI is InChI=1S/C14H14O6/c1-4-8-11(14(18)19)9(13(16)17)6-7(3)12(8)20-10(15)5-2/h5-6H,2,4H2,1,3H3,(H,16,17)(H,18,19). The predicted molar refractivity (Wildman–Crippen MR) is 70.3 cm³/mol. The molecule has 0 spiro atoms. The van der Waals surface area contributed by atoms with Gasteiger partial charge in [0.25, 0.3) is 0 Å². The molecule has 0 aliphatic heterocycles. The number of esters is 1. The van der Waals surface area contributed by atoms with E-state index in [1.807, 2.05) is 0 Å². The molecule has 1 aromatic rings. The summed E-state index contributed by atoms with van der Waals surface area (Å²) in [5.74, 6) is -3.39. The first-order valence-electron chi connectivity index (χ1n) is 5.80. The van der Waals surface area contributed by atoms with Gasteiger partial charge < -0.3 is 14.9 Å². The van der Waals surface area contributed by atoms with Gasteiger partial charge in [0.15, 0.2) is 0 Å². The molecule has 1 rings (SSSR count). The molecule has 0 saturated heterocycles. The molecule has 0 aliphatic carbocycles. The summed E-state index contributed by atoms with van der Waals surface area (Å²) in [6, 6.07) is 1.18. The molecule has 0 fully saturated rings. The van der Waals surface area contributed by atoms with Crippen molar-refractivity contribution < 1.29 is 29.3 Å². The smallest absolute Gasteiger partial charge is 0.336 e. The highest BCUT2D eigenvalue weighted by Gasteiger charge is 2.25. The summed E-state index contributed by atoms with van der Waals surface area (Å²) in [5, 5.41) is 18.3. The number of carbonyl (C=O) groups is 3. The van der Waals surface area contributed by atoms with Crippen molar-refractivity contribution in [3.8, 4) is 5.75 Å². The second-order valence-corrected chi connectivity index (χ2v) is 4.01. The van der Waals surface area contributed by atoms with E-state index >= 15 is 0 Å². The third kappa shape index (κ3) is 2.85. The molecule has 0 amide bonds. The third-order valence-electron chi connectivity index (χ3n) is 2.73. The lowest BCUT2D eigenvalue weighted by atomic mass is 9.95. The van der Waals surface area contributed by atoms with E-state index in [9.17, 15) is 19.5 Å². The van der Waals surface area contributed by atoms with Crippen molar-refractivity contribution in [1.29, 1.82) is 0 Å². The van der Waals surface area contributed by atoms with Crippen molar-refractivity contribution in [3.05, 3.63) is 41.0 Å².